The van der Waals surface area contributed by atoms with Gasteiger partial charge in [-0.1, -0.05) is 23.7 Å². The molecule has 0 saturated heterocycles. The zero-order valence-electron chi connectivity index (χ0n) is 11.8. The standard InChI is InChI=1S/C17H13ClN2O2/c1-11-8-9-19-16(10-11)20-17(21)15-7-6-14(22-15)12-4-2-3-5-13(12)18/h2-10H,1H3,(H,19,20,21). The minimum Gasteiger partial charge on any atom is -0.451 e. The lowest BCUT2D eigenvalue weighted by atomic mass is 10.2. The monoisotopic (exact) mass is 312 g/mol. The van der Waals surface area contributed by atoms with Gasteiger partial charge in [-0.15, -0.1) is 0 Å². The normalized spacial score (nSPS) is 10.5. The first kappa shape index (κ1) is 14.4. The molecule has 1 N–H and O–H groups in total. The van der Waals surface area contributed by atoms with Crippen molar-refractivity contribution in [2.75, 3.05) is 5.32 Å². The number of anilines is 1. The van der Waals surface area contributed by atoms with E-state index in [0.717, 1.165) is 11.1 Å². The number of halogens is 1. The summed E-state index contributed by atoms with van der Waals surface area (Å²) < 4.78 is 5.59. The van der Waals surface area contributed by atoms with E-state index < -0.39 is 0 Å². The number of benzene rings is 1. The Bertz CT molecular complexity index is 827. The zero-order valence-corrected chi connectivity index (χ0v) is 12.6. The van der Waals surface area contributed by atoms with E-state index in [1.807, 2.05) is 31.2 Å². The van der Waals surface area contributed by atoms with E-state index >= 15 is 0 Å². The first-order valence-corrected chi connectivity index (χ1v) is 7.10. The number of aromatic nitrogens is 1. The molecule has 0 atom stereocenters. The molecule has 3 rings (SSSR count). The van der Waals surface area contributed by atoms with Gasteiger partial charge in [0.05, 0.1) is 5.02 Å². The van der Waals surface area contributed by atoms with Gasteiger partial charge in [-0.3, -0.25) is 4.79 Å². The predicted molar refractivity (Wildman–Crippen MR) is 86.1 cm³/mol. The van der Waals surface area contributed by atoms with Crippen LogP contribution in [0.15, 0.2) is 59.1 Å². The quantitative estimate of drug-likeness (QED) is 0.771. The van der Waals surface area contributed by atoms with Gasteiger partial charge in [-0.2, -0.15) is 0 Å². The molecule has 5 heteroatoms. The summed E-state index contributed by atoms with van der Waals surface area (Å²) in [6, 6.07) is 14.3. The second kappa shape index (κ2) is 6.03. The molecule has 1 aromatic carbocycles. The summed E-state index contributed by atoms with van der Waals surface area (Å²) in [5.74, 6) is 0.892. The molecule has 0 fully saturated rings. The molecule has 0 aliphatic rings. The maximum atomic E-state index is 12.2. The van der Waals surface area contributed by atoms with Gasteiger partial charge in [0.25, 0.3) is 5.91 Å². The number of rotatable bonds is 3. The molecule has 0 bridgehead atoms. The molecule has 0 radical (unpaired) electrons. The Morgan fingerprint density at radius 2 is 2.00 bits per heavy atom. The highest BCUT2D eigenvalue weighted by atomic mass is 35.5. The topological polar surface area (TPSA) is 55.1 Å². The van der Waals surface area contributed by atoms with Crippen LogP contribution in [-0.4, -0.2) is 10.9 Å². The van der Waals surface area contributed by atoms with Crippen molar-refractivity contribution in [2.45, 2.75) is 6.92 Å². The van der Waals surface area contributed by atoms with Crippen LogP contribution in [0.5, 0.6) is 0 Å². The van der Waals surface area contributed by atoms with Crippen LogP contribution in [-0.2, 0) is 0 Å². The van der Waals surface area contributed by atoms with Crippen LogP contribution < -0.4 is 5.32 Å². The highest BCUT2D eigenvalue weighted by Gasteiger charge is 2.14. The second-order valence-corrected chi connectivity index (χ2v) is 5.22. The number of nitrogens with one attached hydrogen (secondary N) is 1. The van der Waals surface area contributed by atoms with Gasteiger partial charge in [-0.05, 0) is 48.9 Å². The van der Waals surface area contributed by atoms with Gasteiger partial charge >= 0.3 is 0 Å². The van der Waals surface area contributed by atoms with Crippen molar-refractivity contribution in [1.29, 1.82) is 0 Å². The highest BCUT2D eigenvalue weighted by molar-refractivity contribution is 6.33. The maximum Gasteiger partial charge on any atom is 0.292 e. The van der Waals surface area contributed by atoms with E-state index in [9.17, 15) is 4.79 Å². The van der Waals surface area contributed by atoms with Crippen LogP contribution in [0, 0.1) is 6.92 Å². The van der Waals surface area contributed by atoms with E-state index in [0.29, 0.717) is 16.6 Å². The molecule has 0 unspecified atom stereocenters. The molecule has 4 nitrogen and oxygen atoms in total. The molecule has 1 amide bonds. The second-order valence-electron chi connectivity index (χ2n) is 4.82. The third-order valence-corrected chi connectivity index (χ3v) is 3.46. The van der Waals surface area contributed by atoms with Crippen LogP contribution >= 0.6 is 11.6 Å². The minimum absolute atomic E-state index is 0.207. The third kappa shape index (κ3) is 3.02. The van der Waals surface area contributed by atoms with Crippen LogP contribution in [0.4, 0.5) is 5.82 Å². The fraction of sp³-hybridized carbons (Fsp3) is 0.0588. The lowest BCUT2D eigenvalue weighted by molar-refractivity contribution is 0.0997. The molecule has 0 aliphatic carbocycles. The Kier molecular flexibility index (Phi) is 3.94. The van der Waals surface area contributed by atoms with Gasteiger partial charge in [0.2, 0.25) is 0 Å². The summed E-state index contributed by atoms with van der Waals surface area (Å²) in [7, 11) is 0. The fourth-order valence-corrected chi connectivity index (χ4v) is 2.28. The SMILES string of the molecule is Cc1ccnc(NC(=O)c2ccc(-c3ccccc3Cl)o2)c1. The highest BCUT2D eigenvalue weighted by Crippen LogP contribution is 2.29. The third-order valence-electron chi connectivity index (χ3n) is 3.13. The summed E-state index contributed by atoms with van der Waals surface area (Å²) in [5, 5.41) is 3.27. The van der Waals surface area contributed by atoms with Crippen molar-refractivity contribution in [3.05, 3.63) is 71.1 Å². The first-order valence-electron chi connectivity index (χ1n) is 6.72. The van der Waals surface area contributed by atoms with Gasteiger partial charge in [0.15, 0.2) is 5.76 Å². The van der Waals surface area contributed by atoms with Crippen molar-refractivity contribution >= 4 is 23.3 Å². The molecule has 2 aromatic heterocycles. The largest absolute Gasteiger partial charge is 0.451 e. The van der Waals surface area contributed by atoms with Gasteiger partial charge < -0.3 is 9.73 Å². The van der Waals surface area contributed by atoms with Gasteiger partial charge in [0.1, 0.15) is 11.6 Å². The Labute approximate surface area is 132 Å². The van der Waals surface area contributed by atoms with Crippen molar-refractivity contribution < 1.29 is 9.21 Å². The van der Waals surface area contributed by atoms with E-state index in [4.69, 9.17) is 16.0 Å². The predicted octanol–water partition coefficient (Wildman–Crippen LogP) is 4.56. The number of hydrogen-bond acceptors (Lipinski definition) is 3. The lowest BCUT2D eigenvalue weighted by Crippen LogP contribution is -2.11. The summed E-state index contributed by atoms with van der Waals surface area (Å²) in [6.07, 6.45) is 1.64. The van der Waals surface area contributed by atoms with Gasteiger partial charge in [0, 0.05) is 11.8 Å². The van der Waals surface area contributed by atoms with Crippen LogP contribution in [0.1, 0.15) is 16.1 Å². The maximum absolute atomic E-state index is 12.2. The molecule has 110 valence electrons. The van der Waals surface area contributed by atoms with Gasteiger partial charge in [-0.25, -0.2) is 4.98 Å². The molecule has 2 heterocycles. The number of amides is 1. The smallest absolute Gasteiger partial charge is 0.292 e. The van der Waals surface area contributed by atoms with E-state index in [1.54, 1.807) is 30.5 Å². The molecule has 0 aliphatic heterocycles. The molecular weight excluding hydrogens is 300 g/mol. The first-order chi connectivity index (χ1) is 10.6. The van der Waals surface area contributed by atoms with E-state index in [-0.39, 0.29) is 11.7 Å². The number of hydrogen-bond donors (Lipinski definition) is 1. The summed E-state index contributed by atoms with van der Waals surface area (Å²) in [6.45, 7) is 1.93. The van der Waals surface area contributed by atoms with Crippen molar-refractivity contribution in [2.24, 2.45) is 0 Å². The molecule has 3 aromatic rings. The number of carbonyl (C=O) groups excluding carboxylic acids is 1. The molecule has 0 saturated carbocycles. The lowest BCUT2D eigenvalue weighted by Gasteiger charge is -2.03. The number of nitrogens with zero attached hydrogens (tertiary/aromatic N) is 1. The molecular formula is C17H13ClN2O2. The average Bonchev–Trinajstić information content (AvgIpc) is 2.97. The Morgan fingerprint density at radius 3 is 2.77 bits per heavy atom. The summed E-state index contributed by atoms with van der Waals surface area (Å²) in [5.41, 5.74) is 1.76. The van der Waals surface area contributed by atoms with E-state index in [1.165, 1.54) is 0 Å². The average molecular weight is 313 g/mol. The van der Waals surface area contributed by atoms with Crippen LogP contribution in [0.2, 0.25) is 5.02 Å². The summed E-state index contributed by atoms with van der Waals surface area (Å²) in [4.78, 5) is 16.3. The fourth-order valence-electron chi connectivity index (χ4n) is 2.05. The molecule has 22 heavy (non-hydrogen) atoms. The van der Waals surface area contributed by atoms with Crippen LogP contribution in [0.25, 0.3) is 11.3 Å². The van der Waals surface area contributed by atoms with Crippen LogP contribution in [0.3, 0.4) is 0 Å². The van der Waals surface area contributed by atoms with E-state index in [2.05, 4.69) is 10.3 Å². The number of carbonyl (C=O) groups is 1. The Balaban J connectivity index is 1.82. The number of pyridine rings is 1. The van der Waals surface area contributed by atoms with Crippen molar-refractivity contribution in [1.82, 2.24) is 4.98 Å². The van der Waals surface area contributed by atoms with Crippen molar-refractivity contribution in [3.63, 3.8) is 0 Å². The summed E-state index contributed by atoms with van der Waals surface area (Å²) >= 11 is 6.12. The molecule has 0 spiro atoms. The zero-order chi connectivity index (χ0) is 15.5. The Hall–Kier alpha value is -2.59. The van der Waals surface area contributed by atoms with Crippen molar-refractivity contribution in [3.8, 4) is 11.3 Å². The Morgan fingerprint density at radius 1 is 1.18 bits per heavy atom. The minimum atomic E-state index is -0.351. The number of aryl methyl sites for hydroxylation is 1. The number of furan rings is 1.